The third kappa shape index (κ3) is 5.43. The van der Waals surface area contributed by atoms with Crippen LogP contribution >= 0.6 is 11.3 Å². The lowest BCUT2D eigenvalue weighted by atomic mass is 9.72. The first-order chi connectivity index (χ1) is 15.0. The van der Waals surface area contributed by atoms with Crippen molar-refractivity contribution in [2.75, 3.05) is 12.4 Å². The molecule has 5 heteroatoms. The second kappa shape index (κ2) is 9.78. The maximum Gasteiger partial charge on any atom is 0.341 e. The maximum atomic E-state index is 13.1. The molecule has 1 aromatic carbocycles. The summed E-state index contributed by atoms with van der Waals surface area (Å²) in [5.74, 6) is 0.387. The van der Waals surface area contributed by atoms with Crippen LogP contribution in [-0.4, -0.2) is 19.0 Å². The Balaban J connectivity index is 1.82. The standard InChI is InChI=1S/C27H37NO3S/c1-16(2)14-18-8-10-19(11-9-18)17(3)24(29)28-25-23(26(30)31-7)21-13-12-20(27(4,5)6)15-22(21)32-25/h8-11,16-17,20H,12-15H2,1-7H3,(H,28,29). The first-order valence-corrected chi connectivity index (χ1v) is 12.5. The van der Waals surface area contributed by atoms with Crippen LogP contribution in [0.1, 0.15) is 85.8 Å². The number of fused-ring (bicyclic) bond motifs is 1. The fourth-order valence-electron chi connectivity index (χ4n) is 4.52. The Labute approximate surface area is 196 Å². The van der Waals surface area contributed by atoms with E-state index in [1.165, 1.54) is 17.6 Å². The predicted octanol–water partition coefficient (Wildman–Crippen LogP) is 6.63. The molecule has 0 aliphatic heterocycles. The molecule has 2 aromatic rings. The Morgan fingerprint density at radius 1 is 1.16 bits per heavy atom. The number of carbonyl (C=O) groups excluding carboxylic acids is 2. The first-order valence-electron chi connectivity index (χ1n) is 11.6. The molecule has 0 radical (unpaired) electrons. The van der Waals surface area contributed by atoms with Crippen LogP contribution in [-0.2, 0) is 28.8 Å². The van der Waals surface area contributed by atoms with Gasteiger partial charge in [-0.15, -0.1) is 11.3 Å². The van der Waals surface area contributed by atoms with Crippen LogP contribution in [0.25, 0.3) is 0 Å². The van der Waals surface area contributed by atoms with Gasteiger partial charge in [-0.1, -0.05) is 58.9 Å². The molecule has 0 saturated heterocycles. The summed E-state index contributed by atoms with van der Waals surface area (Å²) in [5, 5.41) is 3.69. The molecular weight excluding hydrogens is 418 g/mol. The quantitative estimate of drug-likeness (QED) is 0.498. The van der Waals surface area contributed by atoms with Crippen molar-refractivity contribution in [2.45, 2.75) is 73.1 Å². The van der Waals surface area contributed by atoms with E-state index in [2.05, 4.69) is 52.1 Å². The van der Waals surface area contributed by atoms with Crippen molar-refractivity contribution in [3.8, 4) is 0 Å². The zero-order chi connectivity index (χ0) is 23.6. The number of anilines is 1. The van der Waals surface area contributed by atoms with Gasteiger partial charge in [-0.2, -0.15) is 0 Å². The zero-order valence-electron chi connectivity index (χ0n) is 20.5. The predicted molar refractivity (Wildman–Crippen MR) is 133 cm³/mol. The highest BCUT2D eigenvalue weighted by atomic mass is 32.1. The summed E-state index contributed by atoms with van der Waals surface area (Å²) in [7, 11) is 1.40. The molecule has 4 nitrogen and oxygen atoms in total. The van der Waals surface area contributed by atoms with E-state index in [-0.39, 0.29) is 23.2 Å². The number of hydrogen-bond acceptors (Lipinski definition) is 4. The molecule has 174 valence electrons. The van der Waals surface area contributed by atoms with Crippen LogP contribution < -0.4 is 5.32 Å². The van der Waals surface area contributed by atoms with Gasteiger partial charge < -0.3 is 10.1 Å². The maximum absolute atomic E-state index is 13.1. The molecule has 2 atom stereocenters. The Kier molecular flexibility index (Phi) is 7.49. The number of hydrogen-bond donors (Lipinski definition) is 1. The van der Waals surface area contributed by atoms with Gasteiger partial charge >= 0.3 is 5.97 Å². The molecule has 0 bridgehead atoms. The van der Waals surface area contributed by atoms with E-state index in [0.29, 0.717) is 22.4 Å². The summed E-state index contributed by atoms with van der Waals surface area (Å²) in [6.07, 6.45) is 3.86. The van der Waals surface area contributed by atoms with E-state index in [0.717, 1.165) is 36.8 Å². The number of ether oxygens (including phenoxy) is 1. The van der Waals surface area contributed by atoms with Crippen LogP contribution in [0.4, 0.5) is 5.00 Å². The van der Waals surface area contributed by atoms with E-state index >= 15 is 0 Å². The summed E-state index contributed by atoms with van der Waals surface area (Å²) >= 11 is 1.54. The average Bonchev–Trinajstić information content (AvgIpc) is 3.09. The van der Waals surface area contributed by atoms with Gasteiger partial charge in [-0.05, 0) is 66.5 Å². The largest absolute Gasteiger partial charge is 0.465 e. The molecule has 32 heavy (non-hydrogen) atoms. The zero-order valence-corrected chi connectivity index (χ0v) is 21.3. The fraction of sp³-hybridized carbons (Fsp3) is 0.556. The van der Waals surface area contributed by atoms with Crippen molar-refractivity contribution in [1.29, 1.82) is 0 Å². The smallest absolute Gasteiger partial charge is 0.341 e. The van der Waals surface area contributed by atoms with Crippen LogP contribution in [0.5, 0.6) is 0 Å². The lowest BCUT2D eigenvalue weighted by molar-refractivity contribution is -0.117. The highest BCUT2D eigenvalue weighted by Gasteiger charge is 2.34. The number of methoxy groups -OCH3 is 1. The van der Waals surface area contributed by atoms with Gasteiger partial charge in [0, 0.05) is 4.88 Å². The molecule has 1 N–H and O–H groups in total. The van der Waals surface area contributed by atoms with Crippen LogP contribution in [0.15, 0.2) is 24.3 Å². The average molecular weight is 456 g/mol. The van der Waals surface area contributed by atoms with Gasteiger partial charge in [-0.25, -0.2) is 4.79 Å². The number of nitrogens with one attached hydrogen (secondary N) is 1. The number of thiophene rings is 1. The van der Waals surface area contributed by atoms with Gasteiger partial charge in [0.1, 0.15) is 5.00 Å². The van der Waals surface area contributed by atoms with Crippen molar-refractivity contribution >= 4 is 28.2 Å². The molecule has 1 heterocycles. The monoisotopic (exact) mass is 455 g/mol. The highest BCUT2D eigenvalue weighted by Crippen LogP contribution is 2.44. The Hall–Kier alpha value is -2.14. The van der Waals surface area contributed by atoms with E-state index in [1.807, 2.05) is 19.1 Å². The van der Waals surface area contributed by atoms with Gasteiger partial charge in [0.05, 0.1) is 18.6 Å². The second-order valence-corrected chi connectivity index (χ2v) is 11.7. The van der Waals surface area contributed by atoms with E-state index in [9.17, 15) is 9.59 Å². The van der Waals surface area contributed by atoms with Crippen molar-refractivity contribution < 1.29 is 14.3 Å². The number of benzene rings is 1. The topological polar surface area (TPSA) is 55.4 Å². The normalized spacial score (nSPS) is 17.1. The molecule has 2 unspecified atom stereocenters. The van der Waals surface area contributed by atoms with E-state index < -0.39 is 0 Å². The molecule has 1 aliphatic carbocycles. The van der Waals surface area contributed by atoms with Crippen molar-refractivity contribution in [2.24, 2.45) is 17.3 Å². The van der Waals surface area contributed by atoms with Crippen molar-refractivity contribution in [1.82, 2.24) is 0 Å². The first kappa shape index (κ1) is 24.5. The molecule has 1 aliphatic rings. The number of amides is 1. The molecule has 1 aromatic heterocycles. The number of carbonyl (C=O) groups is 2. The summed E-state index contributed by atoms with van der Waals surface area (Å²) in [4.78, 5) is 27.0. The molecule has 0 spiro atoms. The van der Waals surface area contributed by atoms with Gasteiger partial charge in [0.15, 0.2) is 0 Å². The molecule has 1 amide bonds. The van der Waals surface area contributed by atoms with E-state index in [4.69, 9.17) is 4.74 Å². The number of rotatable bonds is 6. The second-order valence-electron chi connectivity index (χ2n) is 10.6. The molecule has 0 saturated carbocycles. The van der Waals surface area contributed by atoms with Crippen LogP contribution in [0.2, 0.25) is 0 Å². The molecule has 3 rings (SSSR count). The highest BCUT2D eigenvalue weighted by molar-refractivity contribution is 7.17. The Morgan fingerprint density at radius 2 is 1.81 bits per heavy atom. The van der Waals surface area contributed by atoms with Gasteiger partial charge in [-0.3, -0.25) is 4.79 Å². The lowest BCUT2D eigenvalue weighted by Gasteiger charge is -2.33. The summed E-state index contributed by atoms with van der Waals surface area (Å²) in [6, 6.07) is 8.29. The summed E-state index contributed by atoms with van der Waals surface area (Å²) in [6.45, 7) is 13.1. The Morgan fingerprint density at radius 3 is 2.38 bits per heavy atom. The minimum absolute atomic E-state index is 0.0993. The van der Waals surface area contributed by atoms with Crippen LogP contribution in [0.3, 0.4) is 0 Å². The fourth-order valence-corrected chi connectivity index (χ4v) is 5.83. The van der Waals surface area contributed by atoms with Gasteiger partial charge in [0.25, 0.3) is 0 Å². The van der Waals surface area contributed by atoms with E-state index in [1.54, 1.807) is 11.3 Å². The summed E-state index contributed by atoms with van der Waals surface area (Å²) in [5.41, 5.74) is 4.08. The third-order valence-corrected chi connectivity index (χ3v) is 7.80. The Bertz CT molecular complexity index is 966. The number of esters is 1. The van der Waals surface area contributed by atoms with Crippen molar-refractivity contribution in [3.63, 3.8) is 0 Å². The molecule has 0 fully saturated rings. The minimum atomic E-state index is -0.363. The minimum Gasteiger partial charge on any atom is -0.465 e. The summed E-state index contributed by atoms with van der Waals surface area (Å²) < 4.78 is 5.08. The molecular formula is C27H37NO3S. The SMILES string of the molecule is COC(=O)c1c(NC(=O)C(C)c2ccc(CC(C)C)cc2)sc2c1CCC(C(C)(C)C)C2. The lowest BCUT2D eigenvalue weighted by Crippen LogP contribution is -2.26. The van der Waals surface area contributed by atoms with Crippen LogP contribution in [0, 0.1) is 17.3 Å². The van der Waals surface area contributed by atoms with Crippen molar-refractivity contribution in [3.05, 3.63) is 51.4 Å². The van der Waals surface area contributed by atoms with Gasteiger partial charge in [0.2, 0.25) is 5.91 Å². The third-order valence-electron chi connectivity index (χ3n) is 6.63.